The van der Waals surface area contributed by atoms with Crippen LogP contribution in [0.3, 0.4) is 0 Å². The minimum atomic E-state index is -5.27. The summed E-state index contributed by atoms with van der Waals surface area (Å²) in [4.78, 5) is 24.0. The van der Waals surface area contributed by atoms with E-state index in [1.54, 1.807) is 5.32 Å². The fourth-order valence-electron chi connectivity index (χ4n) is 2.74. The lowest BCUT2D eigenvalue weighted by atomic mass is 9.98. The molecule has 0 fully saturated rings. The largest absolute Gasteiger partial charge is 0.426 e. The van der Waals surface area contributed by atoms with Crippen molar-refractivity contribution in [2.24, 2.45) is 0 Å². The zero-order valence-electron chi connectivity index (χ0n) is 14.7. The van der Waals surface area contributed by atoms with Gasteiger partial charge in [-0.05, 0) is 42.8 Å². The summed E-state index contributed by atoms with van der Waals surface area (Å²) in [6.07, 6.45) is -5.27. The molecule has 2 aromatic rings. The maximum atomic E-state index is 13.5. The molecule has 0 saturated carbocycles. The van der Waals surface area contributed by atoms with Gasteiger partial charge in [-0.25, -0.2) is 12.8 Å². The van der Waals surface area contributed by atoms with Gasteiger partial charge in [-0.3, -0.25) is 9.59 Å². The van der Waals surface area contributed by atoms with Gasteiger partial charge in [0, 0.05) is 16.8 Å². The first kappa shape index (κ1) is 20.9. The number of ketones is 1. The number of sulfone groups is 1. The van der Waals surface area contributed by atoms with Crippen molar-refractivity contribution >= 4 is 27.2 Å². The fourth-order valence-corrected chi connectivity index (χ4v) is 4.36. The topological polar surface area (TPSA) is 101 Å². The number of benzene rings is 2. The number of alkyl halides is 3. The van der Waals surface area contributed by atoms with E-state index in [1.165, 1.54) is 0 Å². The van der Waals surface area contributed by atoms with Crippen molar-refractivity contribution in [2.45, 2.75) is 29.3 Å². The number of anilines is 1. The van der Waals surface area contributed by atoms with E-state index in [-0.39, 0.29) is 29.3 Å². The number of hydrogen-bond acceptors (Lipinski definition) is 5. The second kappa shape index (κ2) is 6.63. The molecule has 0 aromatic heterocycles. The van der Waals surface area contributed by atoms with Crippen molar-refractivity contribution in [3.8, 4) is 0 Å². The third-order valence-corrected chi connectivity index (χ3v) is 6.17. The number of aliphatic hydroxyl groups is 1. The lowest BCUT2D eigenvalue weighted by Gasteiger charge is -2.25. The van der Waals surface area contributed by atoms with Crippen molar-refractivity contribution in [2.75, 3.05) is 5.32 Å². The lowest BCUT2D eigenvalue weighted by Crippen LogP contribution is -2.52. The van der Waals surface area contributed by atoms with Crippen LogP contribution in [0, 0.1) is 5.82 Å². The van der Waals surface area contributed by atoms with E-state index in [0.717, 1.165) is 36.4 Å². The average molecular weight is 431 g/mol. The van der Waals surface area contributed by atoms with Crippen LogP contribution in [0.15, 0.2) is 41.3 Å². The Balaban J connectivity index is 2.06. The molecule has 1 amide bonds. The zero-order valence-corrected chi connectivity index (χ0v) is 15.5. The van der Waals surface area contributed by atoms with Gasteiger partial charge >= 0.3 is 6.18 Å². The van der Waals surface area contributed by atoms with E-state index in [2.05, 4.69) is 0 Å². The summed E-state index contributed by atoms with van der Waals surface area (Å²) >= 11 is 0. The SMILES string of the molecule is CC(O)(C(=O)Nc1ccc2c(c1)S(=O)(=O)Cc1ccc(F)cc1C2=O)C(F)(F)F. The maximum Gasteiger partial charge on any atom is 0.426 e. The highest BCUT2D eigenvalue weighted by molar-refractivity contribution is 7.90. The molecule has 1 aliphatic heterocycles. The first-order chi connectivity index (χ1) is 13.2. The molecule has 2 aromatic carbocycles. The Morgan fingerprint density at radius 2 is 1.76 bits per heavy atom. The minimum Gasteiger partial charge on any atom is -0.373 e. The predicted molar refractivity (Wildman–Crippen MR) is 92.5 cm³/mol. The molecule has 0 radical (unpaired) electrons. The highest BCUT2D eigenvalue weighted by atomic mass is 32.2. The smallest absolute Gasteiger partial charge is 0.373 e. The van der Waals surface area contributed by atoms with Crippen molar-refractivity contribution in [3.63, 3.8) is 0 Å². The van der Waals surface area contributed by atoms with Gasteiger partial charge in [-0.15, -0.1) is 0 Å². The van der Waals surface area contributed by atoms with Gasteiger partial charge in [0.25, 0.3) is 5.91 Å². The second-order valence-corrected chi connectivity index (χ2v) is 8.58. The van der Waals surface area contributed by atoms with Crippen LogP contribution in [0.2, 0.25) is 0 Å². The molecule has 1 heterocycles. The number of amides is 1. The first-order valence-corrected chi connectivity index (χ1v) is 9.70. The molecule has 1 atom stereocenters. The summed E-state index contributed by atoms with van der Waals surface area (Å²) in [7, 11) is -4.14. The molecule has 6 nitrogen and oxygen atoms in total. The van der Waals surface area contributed by atoms with E-state index in [4.69, 9.17) is 0 Å². The molecule has 1 aliphatic rings. The van der Waals surface area contributed by atoms with E-state index in [9.17, 15) is 40.7 Å². The Bertz CT molecular complexity index is 1140. The molecule has 0 spiro atoms. The van der Waals surface area contributed by atoms with Crippen molar-refractivity contribution in [1.82, 2.24) is 0 Å². The molecule has 29 heavy (non-hydrogen) atoms. The lowest BCUT2D eigenvalue weighted by molar-refractivity contribution is -0.242. The number of fused-ring (bicyclic) bond motifs is 2. The number of rotatable bonds is 2. The van der Waals surface area contributed by atoms with Crippen LogP contribution in [0.4, 0.5) is 23.2 Å². The molecular formula is C18H13F4NO5S. The van der Waals surface area contributed by atoms with E-state index in [0.29, 0.717) is 0 Å². The molecule has 1 unspecified atom stereocenters. The molecule has 11 heteroatoms. The predicted octanol–water partition coefficient (Wildman–Crippen LogP) is 2.60. The van der Waals surface area contributed by atoms with Gasteiger partial charge in [-0.1, -0.05) is 6.07 Å². The second-order valence-electron chi connectivity index (χ2n) is 6.62. The molecule has 0 saturated heterocycles. The van der Waals surface area contributed by atoms with Crippen LogP contribution in [0.25, 0.3) is 0 Å². The number of hydrogen-bond donors (Lipinski definition) is 2. The molecule has 0 bridgehead atoms. The molecule has 2 N–H and O–H groups in total. The standard InChI is InChI=1S/C18H13F4NO5S/c1-17(26,18(20,21)22)16(25)23-11-4-5-12-14(7-11)29(27,28)8-9-2-3-10(19)6-13(9)15(12)24/h2-7,26H,8H2,1H3,(H,23,25). The molecular weight excluding hydrogens is 418 g/mol. The normalized spacial score (nSPS) is 17.5. The van der Waals surface area contributed by atoms with Gasteiger partial charge in [0.2, 0.25) is 5.60 Å². The van der Waals surface area contributed by atoms with E-state index >= 15 is 0 Å². The van der Waals surface area contributed by atoms with Gasteiger partial charge < -0.3 is 10.4 Å². The highest BCUT2D eigenvalue weighted by Crippen LogP contribution is 2.34. The van der Waals surface area contributed by atoms with Gasteiger partial charge in [-0.2, -0.15) is 13.2 Å². The van der Waals surface area contributed by atoms with Gasteiger partial charge in [0.05, 0.1) is 10.6 Å². The number of carbonyl (C=O) groups excluding carboxylic acids is 2. The highest BCUT2D eigenvalue weighted by Gasteiger charge is 2.55. The van der Waals surface area contributed by atoms with Crippen LogP contribution >= 0.6 is 0 Å². The van der Waals surface area contributed by atoms with E-state index < -0.39 is 49.8 Å². The third-order valence-electron chi connectivity index (χ3n) is 4.48. The summed E-state index contributed by atoms with van der Waals surface area (Å²) in [6, 6.07) is 5.92. The van der Waals surface area contributed by atoms with Gasteiger partial charge in [0.1, 0.15) is 5.82 Å². The summed E-state index contributed by atoms with van der Waals surface area (Å²) in [6.45, 7) is 0.247. The summed E-state index contributed by atoms with van der Waals surface area (Å²) in [5.41, 5.74) is -4.48. The van der Waals surface area contributed by atoms with Crippen molar-refractivity contribution < 1.29 is 40.7 Å². The van der Waals surface area contributed by atoms with Crippen LogP contribution in [0.5, 0.6) is 0 Å². The number of nitrogens with one attached hydrogen (secondary N) is 1. The Hall–Kier alpha value is -2.79. The Labute approximate surface area is 162 Å². The van der Waals surface area contributed by atoms with Crippen LogP contribution in [-0.2, 0) is 20.4 Å². The zero-order chi connectivity index (χ0) is 21.8. The number of halogens is 4. The Kier molecular flexibility index (Phi) is 4.79. The summed E-state index contributed by atoms with van der Waals surface area (Å²) in [5, 5.41) is 11.2. The molecule has 154 valence electrons. The monoisotopic (exact) mass is 431 g/mol. The maximum absolute atomic E-state index is 13.5. The molecule has 3 rings (SSSR count). The Morgan fingerprint density at radius 1 is 1.10 bits per heavy atom. The number of carbonyl (C=O) groups is 2. The van der Waals surface area contributed by atoms with Gasteiger partial charge in [0.15, 0.2) is 15.6 Å². The van der Waals surface area contributed by atoms with E-state index in [1.807, 2.05) is 0 Å². The first-order valence-electron chi connectivity index (χ1n) is 8.04. The quantitative estimate of drug-likeness (QED) is 0.712. The molecule has 0 aliphatic carbocycles. The fraction of sp³-hybridized carbons (Fsp3) is 0.222. The summed E-state index contributed by atoms with van der Waals surface area (Å²) in [5.74, 6) is -3.99. The summed E-state index contributed by atoms with van der Waals surface area (Å²) < 4.78 is 77.3. The third kappa shape index (κ3) is 3.62. The Morgan fingerprint density at radius 3 is 2.38 bits per heavy atom. The van der Waals surface area contributed by atoms with Crippen molar-refractivity contribution in [1.29, 1.82) is 0 Å². The van der Waals surface area contributed by atoms with Crippen LogP contribution in [0.1, 0.15) is 28.4 Å². The van der Waals surface area contributed by atoms with Crippen LogP contribution in [-0.4, -0.2) is 37.0 Å². The van der Waals surface area contributed by atoms with Crippen molar-refractivity contribution in [3.05, 3.63) is 58.9 Å². The average Bonchev–Trinajstić information content (AvgIpc) is 2.68. The van der Waals surface area contributed by atoms with Crippen LogP contribution < -0.4 is 5.32 Å². The minimum absolute atomic E-state index is 0.0678.